The number of halogens is 1. The average molecular weight is 337 g/mol. The van der Waals surface area contributed by atoms with Crippen LogP contribution in [-0.4, -0.2) is 16.5 Å². The normalized spacial score (nSPS) is 10.2. The lowest BCUT2D eigenvalue weighted by molar-refractivity contribution is -0.385. The third-order valence-corrected chi connectivity index (χ3v) is 3.39. The van der Waals surface area contributed by atoms with Gasteiger partial charge in [-0.3, -0.25) is 15.1 Å². The van der Waals surface area contributed by atoms with Crippen molar-refractivity contribution < 1.29 is 9.66 Å². The zero-order chi connectivity index (χ0) is 14.4. The highest BCUT2D eigenvalue weighted by atomic mass is 79.9. The third-order valence-electron chi connectivity index (χ3n) is 2.75. The molecule has 0 fully saturated rings. The van der Waals surface area contributed by atoms with E-state index in [-0.39, 0.29) is 5.69 Å². The first-order chi connectivity index (χ1) is 9.70. The van der Waals surface area contributed by atoms with Crippen LogP contribution < -0.4 is 4.74 Å². The van der Waals surface area contributed by atoms with Gasteiger partial charge in [-0.25, -0.2) is 0 Å². The first-order valence-electron chi connectivity index (χ1n) is 6.05. The van der Waals surface area contributed by atoms with Crippen LogP contribution in [0, 0.1) is 10.1 Å². The van der Waals surface area contributed by atoms with Gasteiger partial charge in [-0.05, 0) is 23.3 Å². The average Bonchev–Trinajstić information content (AvgIpc) is 2.48. The van der Waals surface area contributed by atoms with E-state index < -0.39 is 4.92 Å². The van der Waals surface area contributed by atoms with Crippen LogP contribution in [0.5, 0.6) is 5.75 Å². The fraction of sp³-hybridized carbons (Fsp3) is 0.214. The Balaban J connectivity index is 2.04. The van der Waals surface area contributed by atoms with E-state index in [1.54, 1.807) is 24.5 Å². The molecule has 1 aromatic carbocycles. The van der Waals surface area contributed by atoms with E-state index in [1.807, 2.05) is 12.1 Å². The second-order valence-corrected chi connectivity index (χ2v) is 4.71. The number of nitro groups is 1. The molecule has 0 atom stereocenters. The molecule has 0 aliphatic carbocycles. The van der Waals surface area contributed by atoms with Crippen LogP contribution >= 0.6 is 15.9 Å². The van der Waals surface area contributed by atoms with Crippen LogP contribution in [0.3, 0.4) is 0 Å². The number of benzene rings is 1. The number of hydrogen-bond acceptors (Lipinski definition) is 4. The topological polar surface area (TPSA) is 65.3 Å². The Bertz CT molecular complexity index is 590. The van der Waals surface area contributed by atoms with Crippen molar-refractivity contribution in [2.24, 2.45) is 0 Å². The molecule has 0 saturated heterocycles. The Morgan fingerprint density at radius 1 is 1.30 bits per heavy atom. The van der Waals surface area contributed by atoms with Crippen molar-refractivity contribution in [3.05, 3.63) is 64.0 Å². The Hall–Kier alpha value is -1.95. The van der Waals surface area contributed by atoms with Crippen molar-refractivity contribution in [1.29, 1.82) is 0 Å². The molecule has 0 saturated carbocycles. The molecule has 0 bridgehead atoms. The molecule has 0 N–H and O–H groups in total. The van der Waals surface area contributed by atoms with Crippen molar-refractivity contribution in [2.45, 2.75) is 11.8 Å². The van der Waals surface area contributed by atoms with Crippen molar-refractivity contribution in [2.75, 3.05) is 6.61 Å². The van der Waals surface area contributed by atoms with E-state index in [4.69, 9.17) is 4.74 Å². The maximum Gasteiger partial charge on any atom is 0.311 e. The maximum atomic E-state index is 11.0. The number of hydrogen-bond donors (Lipinski definition) is 0. The van der Waals surface area contributed by atoms with Gasteiger partial charge in [0.05, 0.1) is 11.5 Å². The summed E-state index contributed by atoms with van der Waals surface area (Å²) in [5, 5.41) is 11.6. The monoisotopic (exact) mass is 336 g/mol. The summed E-state index contributed by atoms with van der Waals surface area (Å²) in [7, 11) is 0. The van der Waals surface area contributed by atoms with E-state index in [9.17, 15) is 10.1 Å². The van der Waals surface area contributed by atoms with Gasteiger partial charge < -0.3 is 4.74 Å². The molecule has 5 nitrogen and oxygen atoms in total. The molecular weight excluding hydrogens is 324 g/mol. The number of nitro benzene ring substituents is 1. The minimum atomic E-state index is -0.425. The van der Waals surface area contributed by atoms with E-state index in [0.29, 0.717) is 24.1 Å². The lowest BCUT2D eigenvalue weighted by Crippen LogP contribution is -2.04. The first kappa shape index (κ1) is 14.5. The second-order valence-electron chi connectivity index (χ2n) is 4.15. The summed E-state index contributed by atoms with van der Waals surface area (Å²) in [6.07, 6.45) is 4.12. The summed E-state index contributed by atoms with van der Waals surface area (Å²) in [4.78, 5) is 14.6. The van der Waals surface area contributed by atoms with Gasteiger partial charge in [-0.2, -0.15) is 0 Å². The van der Waals surface area contributed by atoms with Crippen molar-refractivity contribution in [1.82, 2.24) is 4.98 Å². The van der Waals surface area contributed by atoms with E-state index in [0.717, 1.165) is 11.1 Å². The Labute approximate surface area is 124 Å². The van der Waals surface area contributed by atoms with Gasteiger partial charge in [0.1, 0.15) is 0 Å². The van der Waals surface area contributed by atoms with Crippen LogP contribution in [0.25, 0.3) is 0 Å². The molecule has 1 heterocycles. The summed E-state index contributed by atoms with van der Waals surface area (Å²) < 4.78 is 5.52. The quantitative estimate of drug-likeness (QED) is 0.460. The zero-order valence-electron chi connectivity index (χ0n) is 10.7. The molecule has 0 radical (unpaired) electrons. The van der Waals surface area contributed by atoms with Crippen molar-refractivity contribution in [3.63, 3.8) is 0 Å². The van der Waals surface area contributed by atoms with Gasteiger partial charge in [-0.15, -0.1) is 0 Å². The van der Waals surface area contributed by atoms with Gasteiger partial charge in [0.2, 0.25) is 0 Å². The molecular formula is C14H13BrN2O3. The number of nitrogens with zero attached hydrogens (tertiary/aromatic N) is 2. The Morgan fingerprint density at radius 3 is 2.80 bits per heavy atom. The summed E-state index contributed by atoms with van der Waals surface area (Å²) >= 11 is 3.28. The minimum absolute atomic E-state index is 0.00635. The van der Waals surface area contributed by atoms with Crippen LogP contribution in [0.15, 0.2) is 42.7 Å². The predicted octanol–water partition coefficient (Wildman–Crippen LogP) is 3.51. The molecule has 0 unspecified atom stereocenters. The predicted molar refractivity (Wildman–Crippen MR) is 79.2 cm³/mol. The fourth-order valence-electron chi connectivity index (χ4n) is 1.74. The lowest BCUT2D eigenvalue weighted by atomic mass is 10.2. The molecule has 6 heteroatoms. The van der Waals surface area contributed by atoms with Gasteiger partial charge in [0.25, 0.3) is 0 Å². The standard InChI is InChI=1S/C14H13BrN2O3/c15-9-12-3-4-14(13(8-12)17(18)19)20-7-5-11-2-1-6-16-10-11/h1-4,6,8,10H,5,7,9H2. The van der Waals surface area contributed by atoms with Crippen LogP contribution in [0.2, 0.25) is 0 Å². The zero-order valence-corrected chi connectivity index (χ0v) is 12.2. The lowest BCUT2D eigenvalue weighted by Gasteiger charge is -2.07. The first-order valence-corrected chi connectivity index (χ1v) is 7.18. The molecule has 2 rings (SSSR count). The van der Waals surface area contributed by atoms with E-state index in [2.05, 4.69) is 20.9 Å². The van der Waals surface area contributed by atoms with E-state index >= 15 is 0 Å². The number of rotatable bonds is 6. The second kappa shape index (κ2) is 7.00. The molecule has 0 spiro atoms. The van der Waals surface area contributed by atoms with E-state index in [1.165, 1.54) is 6.07 Å². The fourth-order valence-corrected chi connectivity index (χ4v) is 2.08. The number of pyridine rings is 1. The third kappa shape index (κ3) is 3.77. The summed E-state index contributed by atoms with van der Waals surface area (Å²) in [5.41, 5.74) is 1.87. The highest BCUT2D eigenvalue weighted by molar-refractivity contribution is 9.08. The minimum Gasteiger partial charge on any atom is -0.486 e. The number of aromatic nitrogens is 1. The largest absolute Gasteiger partial charge is 0.486 e. The van der Waals surface area contributed by atoms with Gasteiger partial charge in [-0.1, -0.05) is 28.1 Å². The molecule has 1 aromatic heterocycles. The van der Waals surface area contributed by atoms with Gasteiger partial charge in [0.15, 0.2) is 5.75 Å². The summed E-state index contributed by atoms with van der Waals surface area (Å²) in [6.45, 7) is 0.375. The molecule has 20 heavy (non-hydrogen) atoms. The Kier molecular flexibility index (Phi) is 5.06. The van der Waals surface area contributed by atoms with Crippen LogP contribution in [0.4, 0.5) is 5.69 Å². The van der Waals surface area contributed by atoms with Crippen molar-refractivity contribution >= 4 is 21.6 Å². The summed E-state index contributed by atoms with van der Waals surface area (Å²) in [5.74, 6) is 0.295. The highest BCUT2D eigenvalue weighted by Crippen LogP contribution is 2.28. The molecule has 0 aliphatic rings. The highest BCUT2D eigenvalue weighted by Gasteiger charge is 2.15. The van der Waals surface area contributed by atoms with Crippen LogP contribution in [0.1, 0.15) is 11.1 Å². The molecule has 104 valence electrons. The molecule has 0 amide bonds. The molecule has 2 aromatic rings. The number of ether oxygens (including phenoxy) is 1. The SMILES string of the molecule is O=[N+]([O-])c1cc(CBr)ccc1OCCc1cccnc1. The van der Waals surface area contributed by atoms with Crippen LogP contribution in [-0.2, 0) is 11.8 Å². The molecule has 0 aliphatic heterocycles. The van der Waals surface area contributed by atoms with Gasteiger partial charge >= 0.3 is 5.69 Å². The Morgan fingerprint density at radius 2 is 2.15 bits per heavy atom. The maximum absolute atomic E-state index is 11.0. The van der Waals surface area contributed by atoms with Gasteiger partial charge in [0, 0.05) is 30.2 Å². The smallest absolute Gasteiger partial charge is 0.311 e. The summed E-state index contributed by atoms with van der Waals surface area (Å²) in [6, 6.07) is 8.76. The van der Waals surface area contributed by atoms with Crippen molar-refractivity contribution in [3.8, 4) is 5.75 Å². The number of alkyl halides is 1.